The molecule has 0 amide bonds. The first-order valence-electron chi connectivity index (χ1n) is 6.59. The van der Waals surface area contributed by atoms with E-state index in [1.54, 1.807) is 7.05 Å². The number of aliphatic imine (C=N–C) groups is 1. The van der Waals surface area contributed by atoms with Gasteiger partial charge in [-0.1, -0.05) is 18.2 Å². The van der Waals surface area contributed by atoms with Crippen molar-refractivity contribution in [2.75, 3.05) is 20.2 Å². The molecule has 1 aromatic carbocycles. The third kappa shape index (κ3) is 7.57. The van der Waals surface area contributed by atoms with E-state index in [0.29, 0.717) is 13.2 Å². The summed E-state index contributed by atoms with van der Waals surface area (Å²) in [5, 5.41) is 6.53. The monoisotopic (exact) mass is 391 g/mol. The molecule has 5 heteroatoms. The summed E-state index contributed by atoms with van der Waals surface area (Å²) in [6, 6.07) is 8.02. The number of nitrogens with zero attached hydrogens (tertiary/aromatic N) is 1. The maximum atomic E-state index is 5.72. The topological polar surface area (TPSA) is 45.7 Å². The van der Waals surface area contributed by atoms with Crippen molar-refractivity contribution in [2.45, 2.75) is 33.2 Å². The molecule has 0 aliphatic carbocycles. The fourth-order valence-electron chi connectivity index (χ4n) is 1.58. The molecule has 0 heterocycles. The molecule has 114 valence electrons. The molecule has 0 aliphatic rings. The lowest BCUT2D eigenvalue weighted by Gasteiger charge is -2.23. The van der Waals surface area contributed by atoms with Crippen molar-refractivity contribution in [2.24, 2.45) is 4.99 Å². The predicted octanol–water partition coefficient (Wildman–Crippen LogP) is 2.96. The van der Waals surface area contributed by atoms with E-state index in [0.717, 1.165) is 17.3 Å². The Morgan fingerprint density at radius 3 is 2.45 bits per heavy atom. The third-order valence-corrected chi connectivity index (χ3v) is 2.46. The zero-order valence-corrected chi connectivity index (χ0v) is 15.3. The van der Waals surface area contributed by atoms with Crippen LogP contribution in [0.2, 0.25) is 0 Å². The Balaban J connectivity index is 0.00000361. The number of aryl methyl sites for hydroxylation is 1. The van der Waals surface area contributed by atoms with Crippen LogP contribution in [0.4, 0.5) is 0 Å². The molecule has 0 saturated carbocycles. The van der Waals surface area contributed by atoms with E-state index in [2.05, 4.69) is 36.4 Å². The molecule has 0 aromatic heterocycles. The Hall–Kier alpha value is -0.980. The normalized spacial score (nSPS) is 11.6. The molecule has 1 aromatic rings. The van der Waals surface area contributed by atoms with Crippen molar-refractivity contribution in [3.63, 3.8) is 0 Å². The van der Waals surface area contributed by atoms with E-state index in [1.807, 2.05) is 31.2 Å². The molecule has 0 spiro atoms. The zero-order chi connectivity index (χ0) is 14.3. The highest BCUT2D eigenvalue weighted by molar-refractivity contribution is 14.0. The van der Waals surface area contributed by atoms with Crippen LogP contribution in [-0.2, 0) is 0 Å². The number of hydrogen-bond donors (Lipinski definition) is 2. The summed E-state index contributed by atoms with van der Waals surface area (Å²) in [6.45, 7) is 9.67. The number of halogens is 1. The Kier molecular flexibility index (Phi) is 8.60. The number of rotatable bonds is 4. The van der Waals surface area contributed by atoms with E-state index in [1.165, 1.54) is 0 Å². The Morgan fingerprint density at radius 1 is 1.25 bits per heavy atom. The molecule has 0 radical (unpaired) electrons. The number of para-hydroxylation sites is 1. The molecule has 4 nitrogen and oxygen atoms in total. The van der Waals surface area contributed by atoms with Crippen LogP contribution in [-0.4, -0.2) is 31.7 Å². The van der Waals surface area contributed by atoms with Gasteiger partial charge in [-0.25, -0.2) is 0 Å². The lowest BCUT2D eigenvalue weighted by molar-refractivity contribution is 0.319. The second-order valence-electron chi connectivity index (χ2n) is 5.49. The summed E-state index contributed by atoms with van der Waals surface area (Å²) in [6.07, 6.45) is 0. The molecule has 0 aliphatic heterocycles. The van der Waals surface area contributed by atoms with Gasteiger partial charge < -0.3 is 15.4 Å². The van der Waals surface area contributed by atoms with Crippen LogP contribution in [0.3, 0.4) is 0 Å². The minimum absolute atomic E-state index is 0. The minimum Gasteiger partial charge on any atom is -0.491 e. The molecule has 0 unspecified atom stereocenters. The maximum Gasteiger partial charge on any atom is 0.191 e. The average Bonchev–Trinajstić information content (AvgIpc) is 2.33. The first-order valence-corrected chi connectivity index (χ1v) is 6.59. The van der Waals surface area contributed by atoms with Crippen molar-refractivity contribution < 1.29 is 4.74 Å². The SMILES string of the molecule is CN=C(NCCOc1ccccc1C)NC(C)(C)C.I. The van der Waals surface area contributed by atoms with E-state index >= 15 is 0 Å². The van der Waals surface area contributed by atoms with E-state index in [9.17, 15) is 0 Å². The smallest absolute Gasteiger partial charge is 0.191 e. The highest BCUT2D eigenvalue weighted by atomic mass is 127. The fourth-order valence-corrected chi connectivity index (χ4v) is 1.58. The van der Waals surface area contributed by atoms with Crippen molar-refractivity contribution in [1.29, 1.82) is 0 Å². The molecule has 1 rings (SSSR count). The zero-order valence-electron chi connectivity index (χ0n) is 13.0. The van der Waals surface area contributed by atoms with Gasteiger partial charge in [0.1, 0.15) is 12.4 Å². The number of guanidine groups is 1. The van der Waals surface area contributed by atoms with Crippen molar-refractivity contribution in [1.82, 2.24) is 10.6 Å². The van der Waals surface area contributed by atoms with Gasteiger partial charge in [-0.15, -0.1) is 24.0 Å². The highest BCUT2D eigenvalue weighted by Crippen LogP contribution is 2.15. The van der Waals surface area contributed by atoms with Gasteiger partial charge in [-0.2, -0.15) is 0 Å². The first-order chi connectivity index (χ1) is 8.92. The van der Waals surface area contributed by atoms with Crippen molar-refractivity contribution >= 4 is 29.9 Å². The third-order valence-electron chi connectivity index (χ3n) is 2.46. The van der Waals surface area contributed by atoms with Gasteiger partial charge in [0, 0.05) is 12.6 Å². The molecular weight excluding hydrogens is 365 g/mol. The van der Waals surface area contributed by atoms with Gasteiger partial charge in [-0.3, -0.25) is 4.99 Å². The largest absolute Gasteiger partial charge is 0.491 e. The van der Waals surface area contributed by atoms with Gasteiger partial charge in [0.05, 0.1) is 6.54 Å². The molecule has 0 saturated heterocycles. The van der Waals surface area contributed by atoms with Crippen LogP contribution in [0.25, 0.3) is 0 Å². The number of ether oxygens (including phenoxy) is 1. The summed E-state index contributed by atoms with van der Waals surface area (Å²) in [5.41, 5.74) is 1.15. The van der Waals surface area contributed by atoms with Crippen LogP contribution in [0, 0.1) is 6.92 Å². The standard InChI is InChI=1S/C15H25N3O.HI/c1-12-8-6-7-9-13(12)19-11-10-17-14(16-5)18-15(2,3)4;/h6-9H,10-11H2,1-5H3,(H2,16,17,18);1H. The quantitative estimate of drug-likeness (QED) is 0.359. The second-order valence-corrected chi connectivity index (χ2v) is 5.49. The Bertz CT molecular complexity index is 427. The summed E-state index contributed by atoms with van der Waals surface area (Å²) in [4.78, 5) is 4.17. The molecule has 0 atom stereocenters. The molecule has 0 fully saturated rings. The minimum atomic E-state index is -0.00127. The summed E-state index contributed by atoms with van der Waals surface area (Å²) in [5.74, 6) is 1.73. The summed E-state index contributed by atoms with van der Waals surface area (Å²) < 4.78 is 5.72. The van der Waals surface area contributed by atoms with E-state index < -0.39 is 0 Å². The summed E-state index contributed by atoms with van der Waals surface area (Å²) in [7, 11) is 1.77. The Morgan fingerprint density at radius 2 is 1.90 bits per heavy atom. The maximum absolute atomic E-state index is 5.72. The summed E-state index contributed by atoms with van der Waals surface area (Å²) >= 11 is 0. The van der Waals surface area contributed by atoms with E-state index in [-0.39, 0.29) is 29.5 Å². The van der Waals surface area contributed by atoms with Gasteiger partial charge in [0.25, 0.3) is 0 Å². The lowest BCUT2D eigenvalue weighted by Crippen LogP contribution is -2.48. The first kappa shape index (κ1) is 19.0. The van der Waals surface area contributed by atoms with Crippen molar-refractivity contribution in [3.8, 4) is 5.75 Å². The lowest BCUT2D eigenvalue weighted by atomic mass is 10.1. The molecular formula is C15H26IN3O. The number of nitrogens with one attached hydrogen (secondary N) is 2. The van der Waals surface area contributed by atoms with Gasteiger partial charge in [-0.05, 0) is 39.3 Å². The van der Waals surface area contributed by atoms with Gasteiger partial charge in [0.2, 0.25) is 0 Å². The molecule has 0 bridgehead atoms. The highest BCUT2D eigenvalue weighted by Gasteiger charge is 2.11. The second kappa shape index (κ2) is 9.05. The Labute approximate surface area is 139 Å². The van der Waals surface area contributed by atoms with Crippen LogP contribution >= 0.6 is 24.0 Å². The number of hydrogen-bond acceptors (Lipinski definition) is 2. The van der Waals surface area contributed by atoms with Crippen molar-refractivity contribution in [3.05, 3.63) is 29.8 Å². The average molecular weight is 391 g/mol. The van der Waals surface area contributed by atoms with Crippen LogP contribution < -0.4 is 15.4 Å². The van der Waals surface area contributed by atoms with Gasteiger partial charge in [0.15, 0.2) is 5.96 Å². The van der Waals surface area contributed by atoms with Crippen LogP contribution in [0.1, 0.15) is 26.3 Å². The van der Waals surface area contributed by atoms with E-state index in [4.69, 9.17) is 4.74 Å². The fraction of sp³-hybridized carbons (Fsp3) is 0.533. The van der Waals surface area contributed by atoms with Crippen LogP contribution in [0.5, 0.6) is 5.75 Å². The van der Waals surface area contributed by atoms with Crippen LogP contribution in [0.15, 0.2) is 29.3 Å². The molecule has 2 N–H and O–H groups in total. The predicted molar refractivity (Wildman–Crippen MR) is 96.3 cm³/mol. The molecule has 20 heavy (non-hydrogen) atoms. The number of benzene rings is 1. The van der Waals surface area contributed by atoms with Gasteiger partial charge >= 0.3 is 0 Å².